The van der Waals surface area contributed by atoms with E-state index in [1.54, 1.807) is 0 Å². The lowest BCUT2D eigenvalue weighted by atomic mass is 10.1. The Labute approximate surface area is 129 Å². The minimum absolute atomic E-state index is 0.0855. The monoisotopic (exact) mass is 293 g/mol. The SMILES string of the molecule is CCNc1nc2ccccc2n1CC(=O)c1ccc(C)cc1. The van der Waals surface area contributed by atoms with Gasteiger partial charge in [-0.1, -0.05) is 42.0 Å². The third-order valence-electron chi connectivity index (χ3n) is 3.66. The number of ketones is 1. The number of benzene rings is 2. The van der Waals surface area contributed by atoms with Gasteiger partial charge in [0.05, 0.1) is 17.6 Å². The van der Waals surface area contributed by atoms with Gasteiger partial charge in [-0.05, 0) is 26.0 Å². The molecule has 1 N–H and O–H groups in total. The van der Waals surface area contributed by atoms with Crippen molar-refractivity contribution < 1.29 is 4.79 Å². The molecule has 3 aromatic rings. The van der Waals surface area contributed by atoms with Crippen molar-refractivity contribution in [3.8, 4) is 0 Å². The van der Waals surface area contributed by atoms with Crippen molar-refractivity contribution in [2.24, 2.45) is 0 Å². The van der Waals surface area contributed by atoms with Gasteiger partial charge < -0.3 is 9.88 Å². The Morgan fingerprint density at radius 2 is 1.86 bits per heavy atom. The summed E-state index contributed by atoms with van der Waals surface area (Å²) in [5.74, 6) is 0.825. The summed E-state index contributed by atoms with van der Waals surface area (Å²) < 4.78 is 1.95. The first kappa shape index (κ1) is 14.3. The molecule has 0 aliphatic carbocycles. The molecule has 0 amide bonds. The van der Waals surface area contributed by atoms with E-state index in [9.17, 15) is 4.79 Å². The van der Waals surface area contributed by atoms with Crippen LogP contribution in [-0.2, 0) is 6.54 Å². The quantitative estimate of drug-likeness (QED) is 0.730. The maximum atomic E-state index is 12.5. The number of hydrogen-bond acceptors (Lipinski definition) is 3. The minimum atomic E-state index is 0.0855. The first-order chi connectivity index (χ1) is 10.7. The van der Waals surface area contributed by atoms with Gasteiger partial charge in [0.1, 0.15) is 0 Å². The summed E-state index contributed by atoms with van der Waals surface area (Å²) in [6, 6.07) is 15.6. The van der Waals surface area contributed by atoms with Crippen molar-refractivity contribution in [3.63, 3.8) is 0 Å². The van der Waals surface area contributed by atoms with Crippen molar-refractivity contribution in [3.05, 3.63) is 59.7 Å². The van der Waals surface area contributed by atoms with Gasteiger partial charge in [0.25, 0.3) is 0 Å². The summed E-state index contributed by atoms with van der Waals surface area (Å²) in [5.41, 5.74) is 3.75. The maximum absolute atomic E-state index is 12.5. The average molecular weight is 293 g/mol. The number of aryl methyl sites for hydroxylation is 1. The van der Waals surface area contributed by atoms with Crippen molar-refractivity contribution in [2.75, 3.05) is 11.9 Å². The highest BCUT2D eigenvalue weighted by Crippen LogP contribution is 2.20. The summed E-state index contributed by atoms with van der Waals surface area (Å²) in [7, 11) is 0. The van der Waals surface area contributed by atoms with Gasteiger partial charge in [-0.3, -0.25) is 4.79 Å². The highest BCUT2D eigenvalue weighted by atomic mass is 16.1. The number of imidazole rings is 1. The van der Waals surface area contributed by atoms with Gasteiger partial charge >= 0.3 is 0 Å². The predicted molar refractivity (Wildman–Crippen MR) is 89.4 cm³/mol. The largest absolute Gasteiger partial charge is 0.356 e. The van der Waals surface area contributed by atoms with Gasteiger partial charge in [0.15, 0.2) is 5.78 Å². The van der Waals surface area contributed by atoms with E-state index in [4.69, 9.17) is 0 Å². The van der Waals surface area contributed by atoms with Gasteiger partial charge in [-0.15, -0.1) is 0 Å². The van der Waals surface area contributed by atoms with Crippen molar-refractivity contribution in [1.82, 2.24) is 9.55 Å². The van der Waals surface area contributed by atoms with E-state index in [2.05, 4.69) is 10.3 Å². The van der Waals surface area contributed by atoms with Crippen LogP contribution in [0.1, 0.15) is 22.8 Å². The first-order valence-corrected chi connectivity index (χ1v) is 7.48. The van der Waals surface area contributed by atoms with E-state index in [1.165, 1.54) is 0 Å². The van der Waals surface area contributed by atoms with Crippen LogP contribution in [-0.4, -0.2) is 21.9 Å². The number of fused-ring (bicyclic) bond motifs is 1. The number of carbonyl (C=O) groups is 1. The fourth-order valence-electron chi connectivity index (χ4n) is 2.50. The number of hydrogen-bond donors (Lipinski definition) is 1. The van der Waals surface area contributed by atoms with Crippen molar-refractivity contribution in [1.29, 1.82) is 0 Å². The standard InChI is InChI=1S/C18H19N3O/c1-3-19-18-20-15-6-4-5-7-16(15)21(18)12-17(22)14-10-8-13(2)9-11-14/h4-11H,3,12H2,1-2H3,(H,19,20). The zero-order valence-electron chi connectivity index (χ0n) is 12.8. The lowest BCUT2D eigenvalue weighted by Crippen LogP contribution is -2.14. The van der Waals surface area contributed by atoms with Crippen LogP contribution >= 0.6 is 0 Å². The van der Waals surface area contributed by atoms with Crippen LogP contribution in [0.25, 0.3) is 11.0 Å². The molecule has 2 aromatic carbocycles. The molecule has 0 unspecified atom stereocenters. The Morgan fingerprint density at radius 3 is 2.59 bits per heavy atom. The smallest absolute Gasteiger partial charge is 0.204 e. The molecule has 0 radical (unpaired) electrons. The molecule has 3 rings (SSSR count). The Balaban J connectivity index is 1.96. The Morgan fingerprint density at radius 1 is 1.14 bits per heavy atom. The van der Waals surface area contributed by atoms with Crippen LogP contribution in [0, 0.1) is 6.92 Å². The molecule has 0 atom stereocenters. The highest BCUT2D eigenvalue weighted by molar-refractivity contribution is 5.97. The van der Waals surface area contributed by atoms with Crippen LogP contribution in [0.4, 0.5) is 5.95 Å². The number of carbonyl (C=O) groups excluding carboxylic acids is 1. The molecule has 0 aliphatic rings. The molecule has 1 heterocycles. The Bertz CT molecular complexity index is 803. The van der Waals surface area contributed by atoms with E-state index >= 15 is 0 Å². The number of para-hydroxylation sites is 2. The molecule has 112 valence electrons. The van der Waals surface area contributed by atoms with Crippen molar-refractivity contribution in [2.45, 2.75) is 20.4 Å². The van der Waals surface area contributed by atoms with Crippen LogP contribution < -0.4 is 5.32 Å². The number of anilines is 1. The fraction of sp³-hybridized carbons (Fsp3) is 0.222. The fourth-order valence-corrected chi connectivity index (χ4v) is 2.50. The second-order valence-electron chi connectivity index (χ2n) is 5.33. The molecule has 0 saturated heterocycles. The third-order valence-corrected chi connectivity index (χ3v) is 3.66. The average Bonchev–Trinajstić information content (AvgIpc) is 2.86. The van der Waals surface area contributed by atoms with E-state index in [-0.39, 0.29) is 12.3 Å². The van der Waals surface area contributed by atoms with E-state index in [1.807, 2.05) is 66.9 Å². The molecule has 0 fully saturated rings. The first-order valence-electron chi connectivity index (χ1n) is 7.48. The molecule has 0 bridgehead atoms. The zero-order chi connectivity index (χ0) is 15.5. The summed E-state index contributed by atoms with van der Waals surface area (Å²) >= 11 is 0. The summed E-state index contributed by atoms with van der Waals surface area (Å²) in [5, 5.41) is 3.23. The zero-order valence-corrected chi connectivity index (χ0v) is 12.8. The number of Topliss-reactive ketones (excluding diaryl/α,β-unsaturated/α-hetero) is 1. The molecule has 22 heavy (non-hydrogen) atoms. The molecule has 4 heteroatoms. The molecule has 0 saturated carbocycles. The second-order valence-corrected chi connectivity index (χ2v) is 5.33. The van der Waals surface area contributed by atoms with Crippen LogP contribution in [0.3, 0.4) is 0 Å². The van der Waals surface area contributed by atoms with Gasteiger partial charge in [0, 0.05) is 12.1 Å². The molecular formula is C18H19N3O. The topological polar surface area (TPSA) is 46.9 Å². The van der Waals surface area contributed by atoms with Gasteiger partial charge in [-0.2, -0.15) is 0 Å². The van der Waals surface area contributed by atoms with E-state index in [0.29, 0.717) is 0 Å². The van der Waals surface area contributed by atoms with Crippen molar-refractivity contribution >= 4 is 22.8 Å². The maximum Gasteiger partial charge on any atom is 0.204 e. The van der Waals surface area contributed by atoms with Gasteiger partial charge in [-0.25, -0.2) is 4.98 Å². The Hall–Kier alpha value is -2.62. The van der Waals surface area contributed by atoms with Crippen LogP contribution in [0.2, 0.25) is 0 Å². The lowest BCUT2D eigenvalue weighted by molar-refractivity contribution is 0.0974. The predicted octanol–water partition coefficient (Wildman–Crippen LogP) is 3.66. The summed E-state index contributed by atoms with van der Waals surface area (Å²) in [4.78, 5) is 17.1. The molecule has 0 spiro atoms. The number of nitrogens with one attached hydrogen (secondary N) is 1. The Kier molecular flexibility index (Phi) is 3.92. The summed E-state index contributed by atoms with van der Waals surface area (Å²) in [6.45, 7) is 5.08. The van der Waals surface area contributed by atoms with E-state index in [0.717, 1.165) is 34.7 Å². The molecule has 1 aromatic heterocycles. The molecular weight excluding hydrogens is 274 g/mol. The van der Waals surface area contributed by atoms with Gasteiger partial charge in [0.2, 0.25) is 5.95 Å². The molecule has 0 aliphatic heterocycles. The number of aromatic nitrogens is 2. The lowest BCUT2D eigenvalue weighted by Gasteiger charge is -2.09. The van der Waals surface area contributed by atoms with E-state index < -0.39 is 0 Å². The van der Waals surface area contributed by atoms with Crippen LogP contribution in [0.5, 0.6) is 0 Å². The minimum Gasteiger partial charge on any atom is -0.356 e. The molecule has 4 nitrogen and oxygen atoms in total. The van der Waals surface area contributed by atoms with Crippen LogP contribution in [0.15, 0.2) is 48.5 Å². The number of rotatable bonds is 5. The number of nitrogens with zero attached hydrogens (tertiary/aromatic N) is 2. The third kappa shape index (κ3) is 2.72. The summed E-state index contributed by atoms with van der Waals surface area (Å²) in [6.07, 6.45) is 0. The normalized spacial score (nSPS) is 10.8. The second kappa shape index (κ2) is 6.02. The highest BCUT2D eigenvalue weighted by Gasteiger charge is 2.14.